The summed E-state index contributed by atoms with van der Waals surface area (Å²) < 4.78 is 18.4. The number of carbonyl (C=O) groups is 1. The minimum absolute atomic E-state index is 0.264. The van der Waals surface area contributed by atoms with Crippen LogP contribution in [0, 0.1) is 0 Å². The van der Waals surface area contributed by atoms with Crippen molar-refractivity contribution in [3.63, 3.8) is 0 Å². The Bertz CT molecular complexity index is 1110. The van der Waals surface area contributed by atoms with E-state index in [9.17, 15) is 4.79 Å². The molecule has 31 heavy (non-hydrogen) atoms. The van der Waals surface area contributed by atoms with E-state index in [1.54, 1.807) is 25.6 Å². The van der Waals surface area contributed by atoms with Crippen molar-refractivity contribution in [1.82, 2.24) is 20.2 Å². The maximum absolute atomic E-state index is 12.7. The highest BCUT2D eigenvalue weighted by Gasteiger charge is 2.35. The van der Waals surface area contributed by atoms with Gasteiger partial charge in [0.05, 0.1) is 19.3 Å². The summed E-state index contributed by atoms with van der Waals surface area (Å²) in [6.45, 7) is 4.24. The second-order valence-electron chi connectivity index (χ2n) is 6.92. The number of tetrazole rings is 1. The van der Waals surface area contributed by atoms with E-state index in [0.717, 1.165) is 11.1 Å². The quantitative estimate of drug-likeness (QED) is 0.581. The van der Waals surface area contributed by atoms with Gasteiger partial charge in [0.1, 0.15) is 12.6 Å². The molecule has 160 valence electrons. The topological polar surface area (TPSA) is 100 Å². The van der Waals surface area contributed by atoms with E-state index in [4.69, 9.17) is 14.2 Å². The number of ether oxygens (including phenoxy) is 3. The number of methoxy groups -OCH3 is 1. The maximum atomic E-state index is 12.7. The molecular weight excluding hydrogens is 398 g/mol. The normalized spacial score (nSPS) is 15.1. The Hall–Kier alpha value is -3.88. The van der Waals surface area contributed by atoms with E-state index in [0.29, 0.717) is 35.3 Å². The zero-order valence-corrected chi connectivity index (χ0v) is 17.5. The molecule has 1 aromatic heterocycles. The first-order valence-electron chi connectivity index (χ1n) is 9.89. The molecule has 0 amide bonds. The first-order chi connectivity index (χ1) is 15.1. The zero-order chi connectivity index (χ0) is 21.8. The van der Waals surface area contributed by atoms with E-state index in [1.165, 1.54) is 0 Å². The van der Waals surface area contributed by atoms with Gasteiger partial charge in [-0.3, -0.25) is 0 Å². The third-order valence-electron chi connectivity index (χ3n) is 4.95. The third kappa shape index (κ3) is 4.07. The van der Waals surface area contributed by atoms with Gasteiger partial charge in [0.15, 0.2) is 11.5 Å². The van der Waals surface area contributed by atoms with Crippen LogP contribution in [0.4, 0.5) is 5.95 Å². The molecule has 1 aliphatic rings. The van der Waals surface area contributed by atoms with Crippen LogP contribution >= 0.6 is 0 Å². The molecular formula is C22H23N5O4. The minimum Gasteiger partial charge on any atom is -0.493 e. The van der Waals surface area contributed by atoms with Gasteiger partial charge in [-0.1, -0.05) is 41.5 Å². The van der Waals surface area contributed by atoms with Crippen molar-refractivity contribution in [2.45, 2.75) is 26.5 Å². The molecule has 0 bridgehead atoms. The first kappa shape index (κ1) is 20.4. The summed E-state index contributed by atoms with van der Waals surface area (Å²) in [5.74, 6) is 1.16. The predicted octanol–water partition coefficient (Wildman–Crippen LogP) is 3.11. The standard InChI is InChI=1S/C22H23N5O4/c1-4-30-21(28)19-14(2)23-22-24-25-26-27(22)20(19)16-10-11-17(18(12-16)29-3)31-13-15-8-6-5-7-9-15/h5-12,20H,4,13H2,1-3H3,(H,23,24,26). The van der Waals surface area contributed by atoms with E-state index in [-0.39, 0.29) is 6.61 Å². The Morgan fingerprint density at radius 3 is 2.71 bits per heavy atom. The molecule has 4 rings (SSSR count). The number of benzene rings is 2. The summed E-state index contributed by atoms with van der Waals surface area (Å²) in [4.78, 5) is 12.7. The van der Waals surface area contributed by atoms with Crippen LogP contribution in [0.15, 0.2) is 59.8 Å². The fourth-order valence-corrected chi connectivity index (χ4v) is 3.50. The molecule has 1 unspecified atom stereocenters. The van der Waals surface area contributed by atoms with Gasteiger partial charge in [0.2, 0.25) is 5.95 Å². The number of fused-ring (bicyclic) bond motifs is 1. The Kier molecular flexibility index (Phi) is 5.83. The summed E-state index contributed by atoms with van der Waals surface area (Å²) >= 11 is 0. The SMILES string of the molecule is CCOC(=O)C1=C(C)Nc2nnnn2C1c1ccc(OCc2ccccc2)c(OC)c1. The number of aromatic nitrogens is 4. The van der Waals surface area contributed by atoms with E-state index in [2.05, 4.69) is 20.8 Å². The maximum Gasteiger partial charge on any atom is 0.338 e. The highest BCUT2D eigenvalue weighted by Crippen LogP contribution is 2.38. The fourth-order valence-electron chi connectivity index (χ4n) is 3.50. The van der Waals surface area contributed by atoms with Gasteiger partial charge in [-0.05, 0) is 47.5 Å². The highest BCUT2D eigenvalue weighted by molar-refractivity contribution is 5.92. The van der Waals surface area contributed by atoms with Gasteiger partial charge in [0, 0.05) is 5.70 Å². The van der Waals surface area contributed by atoms with Gasteiger partial charge in [-0.25, -0.2) is 4.79 Å². The van der Waals surface area contributed by atoms with Crippen LogP contribution in [-0.4, -0.2) is 39.9 Å². The molecule has 9 nitrogen and oxygen atoms in total. The number of rotatable bonds is 7. The van der Waals surface area contributed by atoms with Crippen LogP contribution < -0.4 is 14.8 Å². The fraction of sp³-hybridized carbons (Fsp3) is 0.273. The Morgan fingerprint density at radius 1 is 1.16 bits per heavy atom. The average molecular weight is 421 g/mol. The molecule has 0 saturated heterocycles. The predicted molar refractivity (Wildman–Crippen MR) is 113 cm³/mol. The first-order valence-corrected chi connectivity index (χ1v) is 9.89. The van der Waals surface area contributed by atoms with Crippen LogP contribution in [0.25, 0.3) is 0 Å². The Balaban J connectivity index is 1.69. The summed E-state index contributed by atoms with van der Waals surface area (Å²) in [7, 11) is 1.58. The molecule has 9 heteroatoms. The van der Waals surface area contributed by atoms with Crippen molar-refractivity contribution >= 4 is 11.9 Å². The van der Waals surface area contributed by atoms with Crippen LogP contribution in [0.3, 0.4) is 0 Å². The average Bonchev–Trinajstić information content (AvgIpc) is 3.25. The number of hydrogen-bond acceptors (Lipinski definition) is 8. The summed E-state index contributed by atoms with van der Waals surface area (Å²) in [6, 6.07) is 14.8. The van der Waals surface area contributed by atoms with Crippen molar-refractivity contribution in [2.75, 3.05) is 19.0 Å². The molecule has 1 atom stereocenters. The molecule has 1 N–H and O–H groups in total. The largest absolute Gasteiger partial charge is 0.493 e. The number of carbonyl (C=O) groups excluding carboxylic acids is 1. The lowest BCUT2D eigenvalue weighted by Gasteiger charge is -2.27. The van der Waals surface area contributed by atoms with Gasteiger partial charge in [-0.15, -0.1) is 0 Å². The molecule has 0 radical (unpaired) electrons. The summed E-state index contributed by atoms with van der Waals surface area (Å²) in [5.41, 5.74) is 2.88. The molecule has 3 aromatic rings. The molecule has 0 spiro atoms. The lowest BCUT2D eigenvalue weighted by Crippen LogP contribution is -2.29. The second-order valence-corrected chi connectivity index (χ2v) is 6.92. The van der Waals surface area contributed by atoms with Crippen LogP contribution in [0.5, 0.6) is 11.5 Å². The zero-order valence-electron chi connectivity index (χ0n) is 17.5. The number of nitrogens with one attached hydrogen (secondary N) is 1. The summed E-state index contributed by atoms with van der Waals surface area (Å²) in [6.07, 6.45) is 0. The van der Waals surface area contributed by atoms with Crippen LogP contribution in [-0.2, 0) is 16.1 Å². The van der Waals surface area contributed by atoms with Gasteiger partial charge >= 0.3 is 5.97 Å². The molecule has 0 saturated carbocycles. The van der Waals surface area contributed by atoms with Crippen molar-refractivity contribution < 1.29 is 19.0 Å². The number of nitrogens with zero attached hydrogens (tertiary/aromatic N) is 4. The molecule has 1 aliphatic heterocycles. The van der Waals surface area contributed by atoms with Gasteiger partial charge in [0.25, 0.3) is 0 Å². The molecule has 2 aromatic carbocycles. The smallest absolute Gasteiger partial charge is 0.338 e. The monoisotopic (exact) mass is 421 g/mol. The van der Waals surface area contributed by atoms with Crippen molar-refractivity contribution in [3.8, 4) is 11.5 Å². The van der Waals surface area contributed by atoms with E-state index < -0.39 is 12.0 Å². The van der Waals surface area contributed by atoms with E-state index >= 15 is 0 Å². The van der Waals surface area contributed by atoms with Gasteiger partial charge in [-0.2, -0.15) is 4.68 Å². The minimum atomic E-state index is -0.567. The van der Waals surface area contributed by atoms with Crippen LogP contribution in [0.1, 0.15) is 31.0 Å². The highest BCUT2D eigenvalue weighted by atomic mass is 16.5. The molecule has 2 heterocycles. The number of anilines is 1. The third-order valence-corrected chi connectivity index (χ3v) is 4.95. The Labute approximate surface area is 179 Å². The van der Waals surface area contributed by atoms with E-state index in [1.807, 2.05) is 48.5 Å². The van der Waals surface area contributed by atoms with Crippen LogP contribution in [0.2, 0.25) is 0 Å². The number of hydrogen-bond donors (Lipinski definition) is 1. The van der Waals surface area contributed by atoms with Crippen molar-refractivity contribution in [2.24, 2.45) is 0 Å². The summed E-state index contributed by atoms with van der Waals surface area (Å²) in [5, 5.41) is 14.9. The number of allylic oxidation sites excluding steroid dienone is 1. The molecule has 0 fully saturated rings. The lowest BCUT2D eigenvalue weighted by atomic mass is 9.95. The second kappa shape index (κ2) is 8.86. The lowest BCUT2D eigenvalue weighted by molar-refractivity contribution is -0.139. The van der Waals surface area contributed by atoms with Crippen molar-refractivity contribution in [1.29, 1.82) is 0 Å². The molecule has 0 aliphatic carbocycles. The number of esters is 1. The Morgan fingerprint density at radius 2 is 1.97 bits per heavy atom. The van der Waals surface area contributed by atoms with Crippen molar-refractivity contribution in [3.05, 3.63) is 70.9 Å². The van der Waals surface area contributed by atoms with Gasteiger partial charge < -0.3 is 19.5 Å².